The smallest absolute Gasteiger partial charge is 0.229 e. The third-order valence-electron chi connectivity index (χ3n) is 5.21. The molecule has 1 aliphatic carbocycles. The van der Waals surface area contributed by atoms with Gasteiger partial charge in [0.15, 0.2) is 0 Å². The van der Waals surface area contributed by atoms with Gasteiger partial charge in [0.1, 0.15) is 11.6 Å². The average Bonchev–Trinajstić information content (AvgIpc) is 3.42. The third-order valence-corrected chi connectivity index (χ3v) is 5.21. The maximum absolute atomic E-state index is 14.0. The fourth-order valence-electron chi connectivity index (χ4n) is 3.43. The Bertz CT molecular complexity index is 930. The summed E-state index contributed by atoms with van der Waals surface area (Å²) in [7, 11) is 0. The molecule has 2 amide bonds. The second-order valence-electron chi connectivity index (χ2n) is 7.65. The van der Waals surface area contributed by atoms with Gasteiger partial charge in [-0.25, -0.2) is 8.78 Å². The number of amides is 2. The molecular weight excluding hydrogens is 378 g/mol. The first-order valence-corrected chi connectivity index (χ1v) is 9.72. The Balaban J connectivity index is 1.36. The van der Waals surface area contributed by atoms with Crippen molar-refractivity contribution >= 4 is 23.2 Å². The average molecular weight is 400 g/mol. The number of anilines is 2. The molecule has 2 aromatic rings. The van der Waals surface area contributed by atoms with Gasteiger partial charge in [-0.1, -0.05) is 12.1 Å². The van der Waals surface area contributed by atoms with Crippen LogP contribution in [0.1, 0.15) is 24.8 Å². The van der Waals surface area contributed by atoms with Crippen LogP contribution < -0.4 is 10.2 Å². The van der Waals surface area contributed by atoms with Gasteiger partial charge < -0.3 is 15.0 Å². The Hall–Kier alpha value is -2.80. The molecule has 1 atom stereocenters. The first-order chi connectivity index (χ1) is 14.0. The molecule has 1 aliphatic heterocycles. The summed E-state index contributed by atoms with van der Waals surface area (Å²) in [5, 5.41) is 2.82. The van der Waals surface area contributed by atoms with E-state index in [1.165, 1.54) is 23.8 Å². The molecule has 0 aromatic heterocycles. The Kier molecular flexibility index (Phi) is 5.58. The number of benzene rings is 2. The maximum atomic E-state index is 14.0. The lowest BCUT2D eigenvalue weighted by atomic mass is 10.1. The SMILES string of the molecule is O=C(Nc1cccc(COCC2CC2)c1)C1CC(=O)N(c2ccc(F)cc2F)C1. The number of carbonyl (C=O) groups is 2. The first-order valence-electron chi connectivity index (χ1n) is 9.72. The molecule has 0 spiro atoms. The van der Waals surface area contributed by atoms with Gasteiger partial charge in [0.2, 0.25) is 11.8 Å². The minimum atomic E-state index is -0.821. The minimum absolute atomic E-state index is 0.0125. The monoisotopic (exact) mass is 400 g/mol. The maximum Gasteiger partial charge on any atom is 0.229 e. The van der Waals surface area contributed by atoms with Crippen molar-refractivity contribution < 1.29 is 23.1 Å². The lowest BCUT2D eigenvalue weighted by molar-refractivity contribution is -0.122. The highest BCUT2D eigenvalue weighted by molar-refractivity contribution is 6.03. The molecule has 2 aromatic carbocycles. The normalized spacial score (nSPS) is 18.9. The van der Waals surface area contributed by atoms with Gasteiger partial charge in [0.05, 0.1) is 18.2 Å². The summed E-state index contributed by atoms with van der Waals surface area (Å²) in [4.78, 5) is 26.1. The zero-order valence-electron chi connectivity index (χ0n) is 15.9. The van der Waals surface area contributed by atoms with E-state index in [0.29, 0.717) is 18.2 Å². The van der Waals surface area contributed by atoms with E-state index in [1.54, 1.807) is 6.07 Å². The van der Waals surface area contributed by atoms with Crippen molar-refractivity contribution in [2.24, 2.45) is 11.8 Å². The van der Waals surface area contributed by atoms with E-state index < -0.39 is 17.6 Å². The van der Waals surface area contributed by atoms with Crippen molar-refractivity contribution in [2.75, 3.05) is 23.4 Å². The lowest BCUT2D eigenvalue weighted by Gasteiger charge is -2.17. The topological polar surface area (TPSA) is 58.6 Å². The van der Waals surface area contributed by atoms with Gasteiger partial charge in [-0.3, -0.25) is 9.59 Å². The number of halogens is 2. The van der Waals surface area contributed by atoms with Gasteiger partial charge in [0.25, 0.3) is 0 Å². The van der Waals surface area contributed by atoms with Crippen LogP contribution in [-0.4, -0.2) is 25.0 Å². The fraction of sp³-hybridized carbons (Fsp3) is 0.364. The summed E-state index contributed by atoms with van der Waals surface area (Å²) in [6.45, 7) is 1.30. The van der Waals surface area contributed by atoms with Gasteiger partial charge in [-0.05, 0) is 48.6 Å². The van der Waals surface area contributed by atoms with Crippen LogP contribution in [0.15, 0.2) is 42.5 Å². The molecule has 2 aliphatic rings. The Morgan fingerprint density at radius 1 is 1.17 bits per heavy atom. The van der Waals surface area contributed by atoms with Gasteiger partial charge in [-0.2, -0.15) is 0 Å². The van der Waals surface area contributed by atoms with Crippen molar-refractivity contribution in [3.63, 3.8) is 0 Å². The number of carbonyl (C=O) groups excluding carboxylic acids is 2. The van der Waals surface area contributed by atoms with E-state index in [0.717, 1.165) is 24.3 Å². The minimum Gasteiger partial charge on any atom is -0.376 e. The zero-order valence-corrected chi connectivity index (χ0v) is 15.9. The predicted molar refractivity (Wildman–Crippen MR) is 104 cm³/mol. The number of hydrogen-bond acceptors (Lipinski definition) is 3. The number of nitrogens with one attached hydrogen (secondary N) is 1. The van der Waals surface area contributed by atoms with E-state index in [1.807, 2.05) is 18.2 Å². The summed E-state index contributed by atoms with van der Waals surface area (Å²) in [6.07, 6.45) is 2.44. The van der Waals surface area contributed by atoms with Crippen molar-refractivity contribution in [3.8, 4) is 0 Å². The van der Waals surface area contributed by atoms with E-state index in [-0.39, 0.29) is 30.5 Å². The molecule has 7 heteroatoms. The molecule has 2 fully saturated rings. The number of rotatable bonds is 7. The summed E-state index contributed by atoms with van der Waals surface area (Å²) < 4.78 is 32.8. The third kappa shape index (κ3) is 4.79. The molecular formula is C22H22F2N2O3. The van der Waals surface area contributed by atoms with Crippen LogP contribution in [0.3, 0.4) is 0 Å². The first kappa shape index (κ1) is 19.5. The van der Waals surface area contributed by atoms with Gasteiger partial charge in [-0.15, -0.1) is 0 Å². The summed E-state index contributed by atoms with van der Waals surface area (Å²) in [5.41, 5.74) is 1.57. The molecule has 29 heavy (non-hydrogen) atoms. The molecule has 0 radical (unpaired) electrons. The highest BCUT2D eigenvalue weighted by atomic mass is 19.1. The van der Waals surface area contributed by atoms with E-state index in [4.69, 9.17) is 4.74 Å². The molecule has 5 nitrogen and oxygen atoms in total. The van der Waals surface area contributed by atoms with E-state index in [2.05, 4.69) is 5.32 Å². The predicted octanol–water partition coefficient (Wildman–Crippen LogP) is 3.88. The number of nitrogens with zero attached hydrogens (tertiary/aromatic N) is 1. The standard InChI is InChI=1S/C22H22F2N2O3/c23-17-6-7-20(19(24)10-17)26-11-16(9-21(26)27)22(28)25-18-3-1-2-15(8-18)13-29-12-14-4-5-14/h1-3,6-8,10,14,16H,4-5,9,11-13H2,(H,25,28). The molecule has 1 N–H and O–H groups in total. The van der Waals surface area contributed by atoms with E-state index >= 15 is 0 Å². The van der Waals surface area contributed by atoms with Crippen LogP contribution in [0.4, 0.5) is 20.2 Å². The Morgan fingerprint density at radius 3 is 2.76 bits per heavy atom. The van der Waals surface area contributed by atoms with E-state index in [9.17, 15) is 18.4 Å². The molecule has 1 unspecified atom stereocenters. The van der Waals surface area contributed by atoms with Crippen LogP contribution in [0.2, 0.25) is 0 Å². The molecule has 1 saturated carbocycles. The van der Waals surface area contributed by atoms with Crippen molar-refractivity contribution in [2.45, 2.75) is 25.9 Å². The molecule has 4 rings (SSSR count). The van der Waals surface area contributed by atoms with Crippen molar-refractivity contribution in [3.05, 3.63) is 59.7 Å². The van der Waals surface area contributed by atoms with Crippen LogP contribution in [-0.2, 0) is 20.9 Å². The van der Waals surface area contributed by atoms with Crippen LogP contribution in [0.25, 0.3) is 0 Å². The quantitative estimate of drug-likeness (QED) is 0.767. The molecule has 1 heterocycles. The highest BCUT2D eigenvalue weighted by Gasteiger charge is 2.36. The summed E-state index contributed by atoms with van der Waals surface area (Å²) >= 11 is 0. The Morgan fingerprint density at radius 2 is 2.00 bits per heavy atom. The van der Waals surface area contributed by atoms with Gasteiger partial charge >= 0.3 is 0 Å². The summed E-state index contributed by atoms with van der Waals surface area (Å²) in [6, 6.07) is 10.4. The number of hydrogen-bond donors (Lipinski definition) is 1. The highest BCUT2D eigenvalue weighted by Crippen LogP contribution is 2.30. The van der Waals surface area contributed by atoms with Crippen LogP contribution in [0, 0.1) is 23.5 Å². The zero-order chi connectivity index (χ0) is 20.4. The van der Waals surface area contributed by atoms with Crippen molar-refractivity contribution in [1.29, 1.82) is 0 Å². The molecule has 1 saturated heterocycles. The Labute approximate surface area is 167 Å². The van der Waals surface area contributed by atoms with Gasteiger partial charge in [0, 0.05) is 31.3 Å². The molecule has 0 bridgehead atoms. The summed E-state index contributed by atoms with van der Waals surface area (Å²) in [5.74, 6) is -2.13. The fourth-order valence-corrected chi connectivity index (χ4v) is 3.43. The van der Waals surface area contributed by atoms with Crippen molar-refractivity contribution in [1.82, 2.24) is 0 Å². The largest absolute Gasteiger partial charge is 0.376 e. The lowest BCUT2D eigenvalue weighted by Crippen LogP contribution is -2.28. The second kappa shape index (κ2) is 8.29. The number of ether oxygens (including phenoxy) is 1. The molecule has 152 valence electrons. The van der Waals surface area contributed by atoms with Crippen LogP contribution in [0.5, 0.6) is 0 Å². The second-order valence-corrected chi connectivity index (χ2v) is 7.65. The van der Waals surface area contributed by atoms with Crippen LogP contribution >= 0.6 is 0 Å².